The molecule has 0 unspecified atom stereocenters. The van der Waals surface area contributed by atoms with Crippen molar-refractivity contribution < 1.29 is 18.4 Å². The van der Waals surface area contributed by atoms with Gasteiger partial charge in [0, 0.05) is 22.4 Å². The number of aromatic nitrogens is 3. The van der Waals surface area contributed by atoms with E-state index in [1.807, 2.05) is 6.07 Å². The molecule has 0 amide bonds. The van der Waals surface area contributed by atoms with Crippen molar-refractivity contribution in [1.82, 2.24) is 14.3 Å². The first kappa shape index (κ1) is 23.9. The molecule has 0 atom stereocenters. The third-order valence-electron chi connectivity index (χ3n) is 5.26. The fourth-order valence-electron chi connectivity index (χ4n) is 3.54. The SMILES string of the molecule is O=C(Cn1c(-c2cc(NCc3ccc(Cl)s3)n(C(=O)c3ccsc3)n2)c(F)ccc1=O)c1ccoc1. The van der Waals surface area contributed by atoms with E-state index >= 15 is 4.39 Å². The molecular formula is C24H16ClFN4O4S2. The molecule has 0 saturated heterocycles. The van der Waals surface area contributed by atoms with Gasteiger partial charge in [-0.3, -0.25) is 19.0 Å². The average molecular weight is 543 g/mol. The first-order valence-electron chi connectivity index (χ1n) is 10.5. The molecular weight excluding hydrogens is 527 g/mol. The maximum absolute atomic E-state index is 15.1. The molecule has 0 bridgehead atoms. The van der Waals surface area contributed by atoms with Crippen molar-refractivity contribution in [3.63, 3.8) is 0 Å². The van der Waals surface area contributed by atoms with E-state index in [4.69, 9.17) is 16.0 Å². The van der Waals surface area contributed by atoms with Crippen molar-refractivity contribution in [2.75, 3.05) is 5.32 Å². The molecule has 8 nitrogen and oxygen atoms in total. The lowest BCUT2D eigenvalue weighted by molar-refractivity contribution is 0.0945. The molecule has 0 aliphatic heterocycles. The highest BCUT2D eigenvalue weighted by Gasteiger charge is 2.23. The second kappa shape index (κ2) is 10.1. The number of halogens is 2. The monoisotopic (exact) mass is 542 g/mol. The Morgan fingerprint density at radius 2 is 2.00 bits per heavy atom. The van der Waals surface area contributed by atoms with Crippen LogP contribution in [0.3, 0.4) is 0 Å². The predicted octanol–water partition coefficient (Wildman–Crippen LogP) is 5.40. The summed E-state index contributed by atoms with van der Waals surface area (Å²) in [6.45, 7) is -0.101. The summed E-state index contributed by atoms with van der Waals surface area (Å²) in [6, 6.07) is 10.2. The number of nitrogens with zero attached hydrogens (tertiary/aromatic N) is 3. The molecule has 0 fully saturated rings. The number of nitrogens with one attached hydrogen (secondary N) is 1. The Hall–Kier alpha value is -3.80. The van der Waals surface area contributed by atoms with Crippen molar-refractivity contribution in [2.24, 2.45) is 0 Å². The van der Waals surface area contributed by atoms with Crippen molar-refractivity contribution >= 4 is 51.8 Å². The van der Waals surface area contributed by atoms with Crippen LogP contribution in [0.5, 0.6) is 0 Å². The molecule has 36 heavy (non-hydrogen) atoms. The molecule has 1 N–H and O–H groups in total. The van der Waals surface area contributed by atoms with Gasteiger partial charge < -0.3 is 9.73 Å². The average Bonchev–Trinajstić information content (AvgIpc) is 3.67. The lowest BCUT2D eigenvalue weighted by atomic mass is 10.2. The normalized spacial score (nSPS) is 11.1. The number of carbonyl (C=O) groups excluding carboxylic acids is 2. The topological polar surface area (TPSA) is 99.1 Å². The zero-order chi connectivity index (χ0) is 25.2. The van der Waals surface area contributed by atoms with Crippen LogP contribution in [0.25, 0.3) is 11.4 Å². The van der Waals surface area contributed by atoms with E-state index in [-0.39, 0.29) is 22.8 Å². The highest BCUT2D eigenvalue weighted by atomic mass is 35.5. The van der Waals surface area contributed by atoms with Crippen LogP contribution in [0.2, 0.25) is 4.34 Å². The Morgan fingerprint density at radius 1 is 1.14 bits per heavy atom. The van der Waals surface area contributed by atoms with E-state index in [1.54, 1.807) is 22.9 Å². The van der Waals surface area contributed by atoms with Gasteiger partial charge in [0.05, 0.1) is 34.8 Å². The number of Topliss-reactive ketones (excluding diaryl/α,β-unsaturated/α-hetero) is 1. The first-order valence-corrected chi connectivity index (χ1v) is 12.6. The van der Waals surface area contributed by atoms with Crippen LogP contribution in [0, 0.1) is 5.82 Å². The van der Waals surface area contributed by atoms with Crippen LogP contribution >= 0.6 is 34.3 Å². The quantitative estimate of drug-likeness (QED) is 0.263. The van der Waals surface area contributed by atoms with E-state index < -0.39 is 29.6 Å². The number of furan rings is 1. The summed E-state index contributed by atoms with van der Waals surface area (Å²) in [5.74, 6) is -1.36. The van der Waals surface area contributed by atoms with Gasteiger partial charge in [0.25, 0.3) is 11.5 Å². The summed E-state index contributed by atoms with van der Waals surface area (Å²) in [5, 5.41) is 10.9. The van der Waals surface area contributed by atoms with Crippen LogP contribution in [0.1, 0.15) is 25.6 Å². The Balaban J connectivity index is 1.57. The number of hydrogen-bond donors (Lipinski definition) is 1. The summed E-state index contributed by atoms with van der Waals surface area (Å²) >= 11 is 8.74. The minimum Gasteiger partial charge on any atom is -0.472 e. The van der Waals surface area contributed by atoms with E-state index in [0.29, 0.717) is 16.4 Å². The zero-order valence-electron chi connectivity index (χ0n) is 18.3. The summed E-state index contributed by atoms with van der Waals surface area (Å²) in [4.78, 5) is 39.5. The second-order valence-electron chi connectivity index (χ2n) is 7.59. The molecule has 0 aliphatic carbocycles. The minimum atomic E-state index is -0.765. The maximum atomic E-state index is 15.1. The van der Waals surface area contributed by atoms with Crippen molar-refractivity contribution in [3.05, 3.63) is 102 Å². The lowest BCUT2D eigenvalue weighted by Crippen LogP contribution is -2.26. The number of hydrogen-bond acceptors (Lipinski definition) is 8. The van der Waals surface area contributed by atoms with E-state index in [9.17, 15) is 14.4 Å². The molecule has 182 valence electrons. The number of anilines is 1. The van der Waals surface area contributed by atoms with Crippen molar-refractivity contribution in [3.8, 4) is 11.4 Å². The third kappa shape index (κ3) is 4.81. The zero-order valence-corrected chi connectivity index (χ0v) is 20.7. The maximum Gasteiger partial charge on any atom is 0.280 e. The van der Waals surface area contributed by atoms with Crippen LogP contribution < -0.4 is 10.9 Å². The Morgan fingerprint density at radius 3 is 2.69 bits per heavy atom. The fourth-order valence-corrected chi connectivity index (χ4v) is 5.20. The van der Waals surface area contributed by atoms with Crippen LogP contribution in [0.15, 0.2) is 75.0 Å². The van der Waals surface area contributed by atoms with E-state index in [2.05, 4.69) is 10.4 Å². The highest BCUT2D eigenvalue weighted by molar-refractivity contribution is 7.16. The van der Waals surface area contributed by atoms with E-state index in [1.165, 1.54) is 47.3 Å². The van der Waals surface area contributed by atoms with E-state index in [0.717, 1.165) is 26.3 Å². The molecule has 12 heteroatoms. The number of pyridine rings is 1. The summed E-state index contributed by atoms with van der Waals surface area (Å²) in [5.41, 5.74) is -0.145. The van der Waals surface area contributed by atoms with Gasteiger partial charge in [-0.15, -0.1) is 11.3 Å². The highest BCUT2D eigenvalue weighted by Crippen LogP contribution is 2.27. The molecule has 0 saturated carbocycles. The Labute approximate surface area is 216 Å². The lowest BCUT2D eigenvalue weighted by Gasteiger charge is -2.10. The van der Waals surface area contributed by atoms with Gasteiger partial charge in [-0.25, -0.2) is 4.39 Å². The van der Waals surface area contributed by atoms with Gasteiger partial charge in [-0.05, 0) is 35.7 Å². The Kier molecular flexibility index (Phi) is 6.68. The molecule has 5 heterocycles. The molecule has 5 aromatic rings. The first-order chi connectivity index (χ1) is 17.4. The number of thiophene rings is 2. The molecule has 5 aromatic heterocycles. The van der Waals surface area contributed by atoms with Gasteiger partial charge in [0.1, 0.15) is 29.3 Å². The molecule has 0 spiro atoms. The van der Waals surface area contributed by atoms with Crippen LogP contribution in [-0.4, -0.2) is 26.0 Å². The van der Waals surface area contributed by atoms with Crippen LogP contribution in [0.4, 0.5) is 10.2 Å². The third-order valence-corrected chi connectivity index (χ3v) is 7.18. The number of rotatable bonds is 8. The predicted molar refractivity (Wildman–Crippen MR) is 136 cm³/mol. The van der Waals surface area contributed by atoms with Gasteiger partial charge in [-0.1, -0.05) is 11.6 Å². The smallest absolute Gasteiger partial charge is 0.280 e. The molecule has 0 aromatic carbocycles. The fraction of sp³-hybridized carbons (Fsp3) is 0.0833. The summed E-state index contributed by atoms with van der Waals surface area (Å²) in [6.07, 6.45) is 2.58. The van der Waals surface area contributed by atoms with Crippen molar-refractivity contribution in [1.29, 1.82) is 0 Å². The molecule has 0 radical (unpaired) electrons. The Bertz CT molecular complexity index is 1600. The van der Waals surface area contributed by atoms with Gasteiger partial charge in [0.15, 0.2) is 5.78 Å². The second-order valence-corrected chi connectivity index (χ2v) is 10.2. The van der Waals surface area contributed by atoms with Gasteiger partial charge >= 0.3 is 0 Å². The number of ketones is 1. The van der Waals surface area contributed by atoms with Gasteiger partial charge in [-0.2, -0.15) is 21.1 Å². The summed E-state index contributed by atoms with van der Waals surface area (Å²) < 4.78 is 22.8. The largest absolute Gasteiger partial charge is 0.472 e. The molecule has 5 rings (SSSR count). The minimum absolute atomic E-state index is 0.0143. The van der Waals surface area contributed by atoms with Gasteiger partial charge in [0.2, 0.25) is 0 Å². The molecule has 0 aliphatic rings. The number of carbonyl (C=O) groups is 2. The summed E-state index contributed by atoms with van der Waals surface area (Å²) in [7, 11) is 0. The van der Waals surface area contributed by atoms with Crippen LogP contribution in [-0.2, 0) is 13.1 Å². The standard InChI is InChI=1S/C24H16ClFN4O4S2/c25-20-3-1-16(36-20)10-27-21-9-18(28-30(21)24(33)15-6-8-35-13-15)23-17(26)2-4-22(32)29(23)11-19(31)14-5-7-34-12-14/h1-9,12-13,27H,10-11H2. The van der Waals surface area contributed by atoms with Crippen molar-refractivity contribution in [2.45, 2.75) is 13.1 Å².